The SMILES string of the molecule is CCn1nc(C)cc1C(=O)Cc1ccco1. The molecule has 0 fully saturated rings. The summed E-state index contributed by atoms with van der Waals surface area (Å²) >= 11 is 0. The van der Waals surface area contributed by atoms with Crippen molar-refractivity contribution in [2.75, 3.05) is 0 Å². The molecule has 2 heterocycles. The van der Waals surface area contributed by atoms with Crippen molar-refractivity contribution in [2.45, 2.75) is 26.8 Å². The van der Waals surface area contributed by atoms with Crippen LogP contribution in [0.2, 0.25) is 0 Å². The Kier molecular flexibility index (Phi) is 2.90. The standard InChI is InChI=1S/C12H14N2O2/c1-3-14-11(7-9(2)13-14)12(15)8-10-5-4-6-16-10/h4-7H,3,8H2,1-2H3. The van der Waals surface area contributed by atoms with E-state index in [9.17, 15) is 4.79 Å². The first kappa shape index (κ1) is 10.7. The Bertz CT molecular complexity index is 483. The van der Waals surface area contributed by atoms with Gasteiger partial charge in [-0.25, -0.2) is 0 Å². The van der Waals surface area contributed by atoms with Crippen LogP contribution in [0.5, 0.6) is 0 Å². The zero-order valence-electron chi connectivity index (χ0n) is 9.43. The summed E-state index contributed by atoms with van der Waals surface area (Å²) < 4.78 is 6.88. The highest BCUT2D eigenvalue weighted by atomic mass is 16.3. The number of rotatable bonds is 4. The molecule has 2 aromatic rings. The van der Waals surface area contributed by atoms with E-state index in [1.165, 1.54) is 0 Å². The van der Waals surface area contributed by atoms with Crippen molar-refractivity contribution in [3.63, 3.8) is 0 Å². The van der Waals surface area contributed by atoms with Crippen molar-refractivity contribution >= 4 is 5.78 Å². The second-order valence-corrected chi connectivity index (χ2v) is 3.67. The number of ketones is 1. The summed E-state index contributed by atoms with van der Waals surface area (Å²) in [4.78, 5) is 12.0. The van der Waals surface area contributed by atoms with Gasteiger partial charge in [0.2, 0.25) is 0 Å². The molecule has 2 rings (SSSR count). The Hall–Kier alpha value is -1.84. The van der Waals surface area contributed by atoms with Crippen molar-refractivity contribution in [3.05, 3.63) is 41.6 Å². The van der Waals surface area contributed by atoms with E-state index in [0.717, 1.165) is 5.69 Å². The lowest BCUT2D eigenvalue weighted by Gasteiger charge is -2.01. The van der Waals surface area contributed by atoms with Gasteiger partial charge in [-0.15, -0.1) is 0 Å². The zero-order chi connectivity index (χ0) is 11.5. The van der Waals surface area contributed by atoms with Gasteiger partial charge in [0.25, 0.3) is 0 Å². The first-order chi connectivity index (χ1) is 7.70. The average Bonchev–Trinajstić information content (AvgIpc) is 2.86. The molecule has 0 aliphatic rings. The fraction of sp³-hybridized carbons (Fsp3) is 0.333. The summed E-state index contributed by atoms with van der Waals surface area (Å²) in [5.74, 6) is 0.726. The Balaban J connectivity index is 2.20. The predicted octanol–water partition coefficient (Wildman–Crippen LogP) is 2.23. The van der Waals surface area contributed by atoms with Crippen molar-refractivity contribution in [3.8, 4) is 0 Å². The molecule has 0 bridgehead atoms. The van der Waals surface area contributed by atoms with E-state index >= 15 is 0 Å². The smallest absolute Gasteiger partial charge is 0.188 e. The van der Waals surface area contributed by atoms with Gasteiger partial charge in [-0.1, -0.05) is 0 Å². The lowest BCUT2D eigenvalue weighted by molar-refractivity contribution is 0.0976. The van der Waals surface area contributed by atoms with Gasteiger partial charge >= 0.3 is 0 Å². The van der Waals surface area contributed by atoms with Crippen molar-refractivity contribution in [2.24, 2.45) is 0 Å². The van der Waals surface area contributed by atoms with E-state index in [1.54, 1.807) is 23.1 Å². The number of nitrogens with zero attached hydrogens (tertiary/aromatic N) is 2. The maximum Gasteiger partial charge on any atom is 0.188 e. The van der Waals surface area contributed by atoms with Gasteiger partial charge in [-0.2, -0.15) is 5.10 Å². The van der Waals surface area contributed by atoms with Gasteiger partial charge in [0, 0.05) is 6.54 Å². The Morgan fingerprint density at radius 3 is 3.00 bits per heavy atom. The molecule has 0 atom stereocenters. The third-order valence-corrected chi connectivity index (χ3v) is 2.40. The van der Waals surface area contributed by atoms with Gasteiger partial charge < -0.3 is 4.42 Å². The molecule has 0 aliphatic carbocycles. The average molecular weight is 218 g/mol. The summed E-state index contributed by atoms with van der Waals surface area (Å²) in [5.41, 5.74) is 1.51. The maximum atomic E-state index is 12.0. The molecule has 0 aromatic carbocycles. The van der Waals surface area contributed by atoms with Gasteiger partial charge in [-0.3, -0.25) is 9.48 Å². The zero-order valence-corrected chi connectivity index (χ0v) is 9.43. The number of hydrogen-bond donors (Lipinski definition) is 0. The minimum atomic E-state index is 0.0393. The van der Waals surface area contributed by atoms with Gasteiger partial charge in [-0.05, 0) is 32.0 Å². The van der Waals surface area contributed by atoms with Gasteiger partial charge in [0.1, 0.15) is 11.5 Å². The van der Waals surface area contributed by atoms with Crippen molar-refractivity contribution in [1.82, 2.24) is 9.78 Å². The second kappa shape index (κ2) is 4.35. The second-order valence-electron chi connectivity index (χ2n) is 3.67. The fourth-order valence-corrected chi connectivity index (χ4v) is 1.67. The molecule has 0 aliphatic heterocycles. The van der Waals surface area contributed by atoms with Crippen LogP contribution in [0.15, 0.2) is 28.9 Å². The topological polar surface area (TPSA) is 48.0 Å². The van der Waals surface area contributed by atoms with E-state index in [2.05, 4.69) is 5.10 Å². The minimum absolute atomic E-state index is 0.0393. The lowest BCUT2D eigenvalue weighted by Crippen LogP contribution is -2.11. The van der Waals surface area contributed by atoms with Crippen LogP contribution in [0, 0.1) is 6.92 Å². The third kappa shape index (κ3) is 2.05. The first-order valence-electron chi connectivity index (χ1n) is 5.30. The van der Waals surface area contributed by atoms with Crippen LogP contribution in [-0.4, -0.2) is 15.6 Å². The number of aryl methyl sites for hydroxylation is 2. The summed E-state index contributed by atoms with van der Waals surface area (Å²) in [5, 5.41) is 4.24. The quantitative estimate of drug-likeness (QED) is 0.739. The molecular weight excluding hydrogens is 204 g/mol. The Labute approximate surface area is 93.9 Å². The normalized spacial score (nSPS) is 10.6. The van der Waals surface area contributed by atoms with Crippen molar-refractivity contribution in [1.29, 1.82) is 0 Å². The summed E-state index contributed by atoms with van der Waals surface area (Å²) in [6, 6.07) is 5.40. The molecule has 0 spiro atoms. The fourth-order valence-electron chi connectivity index (χ4n) is 1.67. The van der Waals surface area contributed by atoms with Gasteiger partial charge in [0.05, 0.1) is 18.4 Å². The molecular formula is C12H14N2O2. The first-order valence-corrected chi connectivity index (χ1v) is 5.30. The number of carbonyl (C=O) groups is 1. The molecule has 84 valence electrons. The molecule has 0 amide bonds. The summed E-state index contributed by atoms with van der Waals surface area (Å²) in [6.07, 6.45) is 1.86. The van der Waals surface area contributed by atoms with Crippen molar-refractivity contribution < 1.29 is 9.21 Å². The summed E-state index contributed by atoms with van der Waals surface area (Å²) in [6.45, 7) is 4.55. The van der Waals surface area contributed by atoms with Crippen LogP contribution in [0.4, 0.5) is 0 Å². The van der Waals surface area contributed by atoms with E-state index in [0.29, 0.717) is 18.0 Å². The van der Waals surface area contributed by atoms with Crippen LogP contribution < -0.4 is 0 Å². The Morgan fingerprint density at radius 1 is 1.56 bits per heavy atom. The lowest BCUT2D eigenvalue weighted by atomic mass is 10.1. The molecule has 4 heteroatoms. The van der Waals surface area contributed by atoms with E-state index < -0.39 is 0 Å². The maximum absolute atomic E-state index is 12.0. The number of carbonyl (C=O) groups excluding carboxylic acids is 1. The van der Waals surface area contributed by atoms with Gasteiger partial charge in [0.15, 0.2) is 5.78 Å². The number of aromatic nitrogens is 2. The number of Topliss-reactive ketones (excluding diaryl/α,β-unsaturated/α-hetero) is 1. The number of furan rings is 1. The minimum Gasteiger partial charge on any atom is -0.469 e. The highest BCUT2D eigenvalue weighted by molar-refractivity contribution is 5.95. The number of hydrogen-bond acceptors (Lipinski definition) is 3. The molecule has 0 saturated carbocycles. The summed E-state index contributed by atoms with van der Waals surface area (Å²) in [7, 11) is 0. The van der Waals surface area contributed by atoms with E-state index in [-0.39, 0.29) is 12.2 Å². The highest BCUT2D eigenvalue weighted by Gasteiger charge is 2.14. The predicted molar refractivity (Wildman–Crippen MR) is 59.4 cm³/mol. The molecule has 0 N–H and O–H groups in total. The van der Waals surface area contributed by atoms with Crippen LogP contribution >= 0.6 is 0 Å². The van der Waals surface area contributed by atoms with Crippen LogP contribution in [0.1, 0.15) is 28.9 Å². The van der Waals surface area contributed by atoms with Crippen LogP contribution in [0.3, 0.4) is 0 Å². The molecule has 0 radical (unpaired) electrons. The molecule has 2 aromatic heterocycles. The highest BCUT2D eigenvalue weighted by Crippen LogP contribution is 2.10. The van der Waals surface area contributed by atoms with Crippen LogP contribution in [-0.2, 0) is 13.0 Å². The molecule has 0 unspecified atom stereocenters. The largest absolute Gasteiger partial charge is 0.469 e. The monoisotopic (exact) mass is 218 g/mol. The van der Waals surface area contributed by atoms with E-state index in [4.69, 9.17) is 4.42 Å². The van der Waals surface area contributed by atoms with Crippen LogP contribution in [0.25, 0.3) is 0 Å². The molecule has 0 saturated heterocycles. The molecule has 4 nitrogen and oxygen atoms in total. The Morgan fingerprint density at radius 2 is 2.38 bits per heavy atom. The molecule has 16 heavy (non-hydrogen) atoms. The third-order valence-electron chi connectivity index (χ3n) is 2.40. The van der Waals surface area contributed by atoms with E-state index in [1.807, 2.05) is 19.9 Å².